The molecule has 0 saturated carbocycles. The minimum Gasteiger partial charge on any atom is -0.341 e. The Balaban J connectivity index is 2.33. The van der Waals surface area contributed by atoms with Crippen LogP contribution < -0.4 is 5.32 Å². The number of nitrogens with zero attached hydrogens (tertiary/aromatic N) is 2. The normalized spacial score (nSPS) is 11.6. The van der Waals surface area contributed by atoms with E-state index in [0.29, 0.717) is 19.5 Å². The number of amides is 1. The average Bonchev–Trinajstić information content (AvgIpc) is 2.61. The highest BCUT2D eigenvalue weighted by Crippen LogP contribution is 2.13. The lowest BCUT2D eigenvalue weighted by Gasteiger charge is -2.21. The summed E-state index contributed by atoms with van der Waals surface area (Å²) in [5, 5.41) is 4.36. The van der Waals surface area contributed by atoms with Crippen molar-refractivity contribution in [3.8, 4) is 0 Å². The zero-order chi connectivity index (χ0) is 13.8. The first-order chi connectivity index (χ1) is 8.28. The van der Waals surface area contributed by atoms with Crippen LogP contribution in [-0.4, -0.2) is 34.9 Å². The number of nitrogens with one attached hydrogen (secondary N) is 1. The summed E-state index contributed by atoms with van der Waals surface area (Å²) in [6.07, 6.45) is 2.38. The summed E-state index contributed by atoms with van der Waals surface area (Å²) in [5.41, 5.74) is 0.0631. The average molecular weight is 269 g/mol. The third kappa shape index (κ3) is 5.60. The molecule has 0 aliphatic rings. The molecule has 0 aromatic carbocycles. The Kier molecular flexibility index (Phi) is 5.28. The third-order valence-corrected chi connectivity index (χ3v) is 3.38. The van der Waals surface area contributed by atoms with Gasteiger partial charge in [-0.3, -0.25) is 4.79 Å². The van der Waals surface area contributed by atoms with E-state index in [-0.39, 0.29) is 11.4 Å². The van der Waals surface area contributed by atoms with Crippen molar-refractivity contribution in [2.45, 2.75) is 46.2 Å². The SMILES string of the molecule is Cc1ncc(CN(C)C(=O)CCNC(C)(C)C)s1. The number of hydrogen-bond donors (Lipinski definition) is 1. The quantitative estimate of drug-likeness (QED) is 0.891. The molecule has 0 fully saturated rings. The van der Waals surface area contributed by atoms with Gasteiger partial charge in [-0.15, -0.1) is 11.3 Å². The Hall–Kier alpha value is -0.940. The molecule has 0 spiro atoms. The Labute approximate surface area is 113 Å². The molecule has 0 saturated heterocycles. The molecule has 18 heavy (non-hydrogen) atoms. The molecule has 5 heteroatoms. The van der Waals surface area contributed by atoms with Gasteiger partial charge in [-0.25, -0.2) is 4.98 Å². The van der Waals surface area contributed by atoms with E-state index in [2.05, 4.69) is 31.1 Å². The van der Waals surface area contributed by atoms with E-state index in [1.165, 1.54) is 0 Å². The van der Waals surface area contributed by atoms with Crippen LogP contribution in [0, 0.1) is 6.92 Å². The number of hydrogen-bond acceptors (Lipinski definition) is 4. The van der Waals surface area contributed by atoms with Gasteiger partial charge in [0.1, 0.15) is 0 Å². The van der Waals surface area contributed by atoms with Crippen LogP contribution >= 0.6 is 11.3 Å². The third-order valence-electron chi connectivity index (χ3n) is 2.48. The highest BCUT2D eigenvalue weighted by Gasteiger charge is 2.13. The largest absolute Gasteiger partial charge is 0.341 e. The molecule has 1 amide bonds. The fourth-order valence-electron chi connectivity index (χ4n) is 1.54. The zero-order valence-electron chi connectivity index (χ0n) is 11.9. The number of aryl methyl sites for hydroxylation is 1. The summed E-state index contributed by atoms with van der Waals surface area (Å²) in [6, 6.07) is 0. The summed E-state index contributed by atoms with van der Waals surface area (Å²) >= 11 is 1.64. The Morgan fingerprint density at radius 1 is 1.50 bits per heavy atom. The minimum atomic E-state index is 0.0631. The fraction of sp³-hybridized carbons (Fsp3) is 0.692. The number of aromatic nitrogens is 1. The van der Waals surface area contributed by atoms with Crippen molar-refractivity contribution in [2.24, 2.45) is 0 Å². The topological polar surface area (TPSA) is 45.2 Å². The lowest BCUT2D eigenvalue weighted by molar-refractivity contribution is -0.130. The molecule has 0 aliphatic heterocycles. The second kappa shape index (κ2) is 6.29. The van der Waals surface area contributed by atoms with Crippen molar-refractivity contribution in [1.82, 2.24) is 15.2 Å². The lowest BCUT2D eigenvalue weighted by atomic mass is 10.1. The van der Waals surface area contributed by atoms with Crippen molar-refractivity contribution >= 4 is 17.2 Å². The molecule has 4 nitrogen and oxygen atoms in total. The van der Waals surface area contributed by atoms with Crippen LogP contribution in [-0.2, 0) is 11.3 Å². The van der Waals surface area contributed by atoms with Crippen molar-refractivity contribution in [3.63, 3.8) is 0 Å². The van der Waals surface area contributed by atoms with Gasteiger partial charge in [0.05, 0.1) is 11.6 Å². The van der Waals surface area contributed by atoms with Crippen molar-refractivity contribution in [3.05, 3.63) is 16.1 Å². The van der Waals surface area contributed by atoms with Gasteiger partial charge in [0.25, 0.3) is 0 Å². The highest BCUT2D eigenvalue weighted by atomic mass is 32.1. The lowest BCUT2D eigenvalue weighted by Crippen LogP contribution is -2.38. The number of carbonyl (C=O) groups excluding carboxylic acids is 1. The first kappa shape index (κ1) is 15.1. The number of thiazole rings is 1. The van der Waals surface area contributed by atoms with Gasteiger partial charge < -0.3 is 10.2 Å². The van der Waals surface area contributed by atoms with Gasteiger partial charge in [-0.1, -0.05) is 0 Å². The van der Waals surface area contributed by atoms with E-state index in [0.717, 1.165) is 9.88 Å². The Morgan fingerprint density at radius 2 is 2.17 bits per heavy atom. The summed E-state index contributed by atoms with van der Waals surface area (Å²) in [7, 11) is 1.84. The second-order valence-corrected chi connectivity index (χ2v) is 6.84. The highest BCUT2D eigenvalue weighted by molar-refractivity contribution is 7.11. The van der Waals surface area contributed by atoms with E-state index < -0.39 is 0 Å². The molecule has 1 N–H and O–H groups in total. The first-order valence-corrected chi connectivity index (χ1v) is 7.00. The molecular weight excluding hydrogens is 246 g/mol. The summed E-state index contributed by atoms with van der Waals surface area (Å²) in [6.45, 7) is 9.64. The van der Waals surface area contributed by atoms with Gasteiger partial charge in [0.2, 0.25) is 5.91 Å². The smallest absolute Gasteiger partial charge is 0.223 e. The van der Waals surface area contributed by atoms with Crippen LogP contribution in [0.15, 0.2) is 6.20 Å². The summed E-state index contributed by atoms with van der Waals surface area (Å²) in [4.78, 5) is 19.0. The Morgan fingerprint density at radius 3 is 2.67 bits per heavy atom. The standard InChI is InChI=1S/C13H23N3OS/c1-10-14-8-11(18-10)9-16(5)12(17)6-7-15-13(2,3)4/h8,15H,6-7,9H2,1-5H3. The van der Waals surface area contributed by atoms with E-state index >= 15 is 0 Å². The predicted molar refractivity (Wildman–Crippen MR) is 75.7 cm³/mol. The monoisotopic (exact) mass is 269 g/mol. The number of rotatable bonds is 5. The van der Waals surface area contributed by atoms with E-state index in [1.807, 2.05) is 20.2 Å². The molecule has 0 unspecified atom stereocenters. The molecule has 0 bridgehead atoms. The van der Waals surface area contributed by atoms with Gasteiger partial charge in [0, 0.05) is 36.6 Å². The number of carbonyl (C=O) groups is 1. The zero-order valence-corrected chi connectivity index (χ0v) is 12.7. The van der Waals surface area contributed by atoms with Crippen LogP contribution in [0.4, 0.5) is 0 Å². The van der Waals surface area contributed by atoms with Gasteiger partial charge in [-0.05, 0) is 27.7 Å². The molecule has 0 atom stereocenters. The molecule has 1 aromatic rings. The van der Waals surface area contributed by atoms with Crippen LogP contribution in [0.5, 0.6) is 0 Å². The maximum Gasteiger partial charge on any atom is 0.223 e. The van der Waals surface area contributed by atoms with Crippen LogP contribution in [0.25, 0.3) is 0 Å². The minimum absolute atomic E-state index is 0.0631. The van der Waals surface area contributed by atoms with Gasteiger partial charge in [0.15, 0.2) is 0 Å². The molecule has 102 valence electrons. The summed E-state index contributed by atoms with van der Waals surface area (Å²) < 4.78 is 0. The molecule has 1 rings (SSSR count). The van der Waals surface area contributed by atoms with E-state index in [9.17, 15) is 4.79 Å². The molecule has 0 aliphatic carbocycles. The molecule has 1 heterocycles. The van der Waals surface area contributed by atoms with Crippen LogP contribution in [0.1, 0.15) is 37.1 Å². The van der Waals surface area contributed by atoms with Crippen molar-refractivity contribution in [1.29, 1.82) is 0 Å². The summed E-state index contributed by atoms with van der Waals surface area (Å²) in [5.74, 6) is 0.165. The van der Waals surface area contributed by atoms with Crippen LogP contribution in [0.3, 0.4) is 0 Å². The van der Waals surface area contributed by atoms with Crippen LogP contribution in [0.2, 0.25) is 0 Å². The van der Waals surface area contributed by atoms with Gasteiger partial charge >= 0.3 is 0 Å². The predicted octanol–water partition coefficient (Wildman–Crippen LogP) is 2.19. The second-order valence-electron chi connectivity index (χ2n) is 5.52. The Bertz CT molecular complexity index is 395. The van der Waals surface area contributed by atoms with Crippen molar-refractivity contribution in [2.75, 3.05) is 13.6 Å². The maximum atomic E-state index is 11.9. The molecule has 0 radical (unpaired) electrons. The van der Waals surface area contributed by atoms with Gasteiger partial charge in [-0.2, -0.15) is 0 Å². The maximum absolute atomic E-state index is 11.9. The van der Waals surface area contributed by atoms with E-state index in [4.69, 9.17) is 0 Å². The first-order valence-electron chi connectivity index (χ1n) is 6.18. The molecular formula is C13H23N3OS. The van der Waals surface area contributed by atoms with Crippen molar-refractivity contribution < 1.29 is 4.79 Å². The molecule has 1 aromatic heterocycles. The van der Waals surface area contributed by atoms with E-state index in [1.54, 1.807) is 16.2 Å². The fourth-order valence-corrected chi connectivity index (χ4v) is 2.38.